The molecule has 0 aromatic carbocycles. The van der Waals surface area contributed by atoms with Gasteiger partial charge in [-0.1, -0.05) is 11.2 Å². The van der Waals surface area contributed by atoms with E-state index >= 15 is 0 Å². The molecule has 92 valence electrons. The maximum absolute atomic E-state index is 10.7. The molecular weight excluding hydrogens is 234 g/mol. The van der Waals surface area contributed by atoms with Crippen LogP contribution < -0.4 is 0 Å². The van der Waals surface area contributed by atoms with Gasteiger partial charge in [0, 0.05) is 18.8 Å². The first-order valence-electron chi connectivity index (χ1n) is 5.68. The quantitative estimate of drug-likeness (QED) is 0.871. The predicted molar refractivity (Wildman–Crippen MR) is 59.8 cm³/mol. The highest BCUT2D eigenvalue weighted by molar-refractivity contribution is 5.74. The maximum atomic E-state index is 10.7. The smallest absolute Gasteiger partial charge is 0.307 e. The third-order valence-corrected chi connectivity index (χ3v) is 2.99. The van der Waals surface area contributed by atoms with Crippen LogP contribution in [-0.4, -0.2) is 26.2 Å². The summed E-state index contributed by atoms with van der Waals surface area (Å²) in [6.45, 7) is 0. The standard InChI is InChI=1S/C12H11N3O3/c16-12(17)9-5-8(9)11-14-10(15-18-11)4-7-2-1-3-13-6-7/h1-3,6,8-9H,4-5H2,(H,16,17). The van der Waals surface area contributed by atoms with Crippen LogP contribution in [0.5, 0.6) is 0 Å². The van der Waals surface area contributed by atoms with Crippen LogP contribution >= 0.6 is 0 Å². The summed E-state index contributed by atoms with van der Waals surface area (Å²) in [6.07, 6.45) is 4.58. The molecule has 2 atom stereocenters. The summed E-state index contributed by atoms with van der Waals surface area (Å²) >= 11 is 0. The lowest BCUT2D eigenvalue weighted by Crippen LogP contribution is -1.99. The number of rotatable bonds is 4. The lowest BCUT2D eigenvalue weighted by Gasteiger charge is -1.93. The van der Waals surface area contributed by atoms with Crippen molar-refractivity contribution in [2.45, 2.75) is 18.8 Å². The van der Waals surface area contributed by atoms with Crippen molar-refractivity contribution in [3.05, 3.63) is 41.8 Å². The fraction of sp³-hybridized carbons (Fsp3) is 0.333. The monoisotopic (exact) mass is 245 g/mol. The minimum atomic E-state index is -0.799. The fourth-order valence-electron chi connectivity index (χ4n) is 1.92. The van der Waals surface area contributed by atoms with Gasteiger partial charge in [0.2, 0.25) is 5.89 Å². The zero-order chi connectivity index (χ0) is 12.5. The molecule has 18 heavy (non-hydrogen) atoms. The number of carboxylic acids is 1. The number of aromatic nitrogens is 3. The molecule has 0 spiro atoms. The molecule has 2 heterocycles. The average Bonchev–Trinajstić information content (AvgIpc) is 3.05. The average molecular weight is 245 g/mol. The van der Waals surface area contributed by atoms with Crippen LogP contribution in [0, 0.1) is 5.92 Å². The zero-order valence-corrected chi connectivity index (χ0v) is 9.48. The molecule has 2 aromatic heterocycles. The molecule has 1 N–H and O–H groups in total. The molecule has 2 unspecified atom stereocenters. The number of aliphatic carboxylic acids is 1. The van der Waals surface area contributed by atoms with Crippen LogP contribution in [0.3, 0.4) is 0 Å². The van der Waals surface area contributed by atoms with Crippen molar-refractivity contribution < 1.29 is 14.4 Å². The van der Waals surface area contributed by atoms with E-state index in [0.717, 1.165) is 5.56 Å². The van der Waals surface area contributed by atoms with E-state index in [-0.39, 0.29) is 11.8 Å². The van der Waals surface area contributed by atoms with Crippen molar-refractivity contribution >= 4 is 5.97 Å². The molecule has 0 aliphatic heterocycles. The van der Waals surface area contributed by atoms with E-state index in [9.17, 15) is 4.79 Å². The van der Waals surface area contributed by atoms with Crippen molar-refractivity contribution in [3.8, 4) is 0 Å². The Kier molecular flexibility index (Phi) is 2.55. The number of hydrogen-bond acceptors (Lipinski definition) is 5. The van der Waals surface area contributed by atoms with Crippen LogP contribution in [0.4, 0.5) is 0 Å². The molecule has 1 fully saturated rings. The van der Waals surface area contributed by atoms with Crippen molar-refractivity contribution in [2.75, 3.05) is 0 Å². The number of hydrogen-bond donors (Lipinski definition) is 1. The molecule has 1 aliphatic rings. The minimum absolute atomic E-state index is 0.113. The first-order valence-corrected chi connectivity index (χ1v) is 5.68. The molecule has 0 saturated heterocycles. The van der Waals surface area contributed by atoms with E-state index in [1.807, 2.05) is 12.1 Å². The summed E-state index contributed by atoms with van der Waals surface area (Å²) in [5.41, 5.74) is 0.996. The number of carbonyl (C=O) groups is 1. The summed E-state index contributed by atoms with van der Waals surface area (Å²) in [5.74, 6) is -0.281. The van der Waals surface area contributed by atoms with Crippen molar-refractivity contribution in [3.63, 3.8) is 0 Å². The second-order valence-electron chi connectivity index (χ2n) is 4.37. The van der Waals surface area contributed by atoms with Crippen molar-refractivity contribution in [1.82, 2.24) is 15.1 Å². The highest BCUT2D eigenvalue weighted by Gasteiger charge is 2.48. The third kappa shape index (κ3) is 2.09. The van der Waals surface area contributed by atoms with Gasteiger partial charge in [0.1, 0.15) is 0 Å². The Morgan fingerprint density at radius 3 is 3.11 bits per heavy atom. The van der Waals surface area contributed by atoms with Gasteiger partial charge in [0.25, 0.3) is 0 Å². The van der Waals surface area contributed by atoms with Gasteiger partial charge < -0.3 is 9.63 Å². The van der Waals surface area contributed by atoms with Crippen molar-refractivity contribution in [1.29, 1.82) is 0 Å². The molecule has 0 radical (unpaired) electrons. The Bertz CT molecular complexity index is 567. The molecule has 3 rings (SSSR count). The number of nitrogens with zero attached hydrogens (tertiary/aromatic N) is 3. The van der Waals surface area contributed by atoms with E-state index in [1.54, 1.807) is 12.4 Å². The summed E-state index contributed by atoms with van der Waals surface area (Å²) < 4.78 is 5.10. The van der Waals surface area contributed by atoms with Gasteiger partial charge in [0.05, 0.1) is 11.8 Å². The van der Waals surface area contributed by atoms with Crippen LogP contribution in [0.25, 0.3) is 0 Å². The van der Waals surface area contributed by atoms with Gasteiger partial charge in [-0.2, -0.15) is 4.98 Å². The molecule has 6 heteroatoms. The van der Waals surface area contributed by atoms with Crippen LogP contribution in [0.2, 0.25) is 0 Å². The highest BCUT2D eigenvalue weighted by Crippen LogP contribution is 2.46. The first-order chi connectivity index (χ1) is 8.74. The third-order valence-electron chi connectivity index (χ3n) is 2.99. The normalized spacial score (nSPS) is 21.8. The lowest BCUT2D eigenvalue weighted by atomic mass is 10.2. The summed E-state index contributed by atoms with van der Waals surface area (Å²) in [4.78, 5) is 19.0. The number of pyridine rings is 1. The summed E-state index contributed by atoms with van der Waals surface area (Å²) in [5, 5.41) is 12.7. The molecule has 6 nitrogen and oxygen atoms in total. The molecule has 0 bridgehead atoms. The number of carboxylic acid groups (broad SMARTS) is 1. The van der Waals surface area contributed by atoms with E-state index < -0.39 is 5.97 Å². The van der Waals surface area contributed by atoms with Crippen LogP contribution in [-0.2, 0) is 11.2 Å². The summed E-state index contributed by atoms with van der Waals surface area (Å²) in [7, 11) is 0. The molecule has 0 amide bonds. The molecule has 1 aliphatic carbocycles. The van der Waals surface area contributed by atoms with Crippen LogP contribution in [0.15, 0.2) is 29.0 Å². The van der Waals surface area contributed by atoms with E-state index in [0.29, 0.717) is 24.6 Å². The lowest BCUT2D eigenvalue weighted by molar-refractivity contribution is -0.138. The topological polar surface area (TPSA) is 89.1 Å². The largest absolute Gasteiger partial charge is 0.481 e. The summed E-state index contributed by atoms with van der Waals surface area (Å²) in [6, 6.07) is 3.78. The minimum Gasteiger partial charge on any atom is -0.481 e. The van der Waals surface area contributed by atoms with E-state index in [1.165, 1.54) is 0 Å². The highest BCUT2D eigenvalue weighted by atomic mass is 16.5. The van der Waals surface area contributed by atoms with Gasteiger partial charge in [-0.15, -0.1) is 0 Å². The van der Waals surface area contributed by atoms with Gasteiger partial charge in [-0.05, 0) is 18.1 Å². The van der Waals surface area contributed by atoms with Crippen molar-refractivity contribution in [2.24, 2.45) is 5.92 Å². The van der Waals surface area contributed by atoms with Crippen LogP contribution in [0.1, 0.15) is 29.6 Å². The second-order valence-corrected chi connectivity index (χ2v) is 4.37. The molecule has 2 aromatic rings. The predicted octanol–water partition coefficient (Wildman–Crippen LogP) is 1.24. The Hall–Kier alpha value is -2.24. The molecule has 1 saturated carbocycles. The van der Waals surface area contributed by atoms with Gasteiger partial charge in [-0.25, -0.2) is 0 Å². The Morgan fingerprint density at radius 1 is 1.56 bits per heavy atom. The van der Waals surface area contributed by atoms with Gasteiger partial charge in [0.15, 0.2) is 5.82 Å². The zero-order valence-electron chi connectivity index (χ0n) is 9.48. The van der Waals surface area contributed by atoms with E-state index in [4.69, 9.17) is 9.63 Å². The van der Waals surface area contributed by atoms with Gasteiger partial charge in [-0.3, -0.25) is 9.78 Å². The second kappa shape index (κ2) is 4.21. The Morgan fingerprint density at radius 2 is 2.44 bits per heavy atom. The molecular formula is C12H11N3O3. The first kappa shape index (κ1) is 10.9. The van der Waals surface area contributed by atoms with E-state index in [2.05, 4.69) is 15.1 Å². The SMILES string of the molecule is O=C(O)C1CC1c1nc(Cc2cccnc2)no1. The Balaban J connectivity index is 1.69. The van der Waals surface area contributed by atoms with Gasteiger partial charge >= 0.3 is 5.97 Å². The fourth-order valence-corrected chi connectivity index (χ4v) is 1.92. The Labute approximate surface area is 103 Å². The maximum Gasteiger partial charge on any atom is 0.307 e.